The molecule has 4 aliphatic heterocycles. The number of ether oxygens (including phenoxy) is 3. The molecule has 0 saturated carbocycles. The molecule has 0 bridgehead atoms. The van der Waals surface area contributed by atoms with Gasteiger partial charge in [-0.3, -0.25) is 27.3 Å². The van der Waals surface area contributed by atoms with Crippen LogP contribution in [-0.2, 0) is 72.7 Å². The number of rotatable bonds is 19. The van der Waals surface area contributed by atoms with E-state index in [1.54, 1.807) is 4.30 Å². The van der Waals surface area contributed by atoms with Crippen molar-refractivity contribution in [1.29, 1.82) is 0 Å². The molecule has 39 nitrogen and oxygen atoms in total. The van der Waals surface area contributed by atoms with E-state index in [0.29, 0.717) is 0 Å². The van der Waals surface area contributed by atoms with E-state index in [-0.39, 0.29) is 39.8 Å². The lowest BCUT2D eigenvalue weighted by Crippen LogP contribution is -2.37. The summed E-state index contributed by atoms with van der Waals surface area (Å²) >= 11 is 0. The summed E-state index contributed by atoms with van der Waals surface area (Å²) < 4.78 is 119. The van der Waals surface area contributed by atoms with Gasteiger partial charge in [-0.05, 0) is 6.07 Å². The molecule has 5 aromatic heterocycles. The molecule has 5 aromatic rings. The average molecular weight is 1140 g/mol. The molecule has 15 N–H and O–H groups in total. The molecule has 400 valence electrons. The number of nitrogens with zero attached hydrogens (tertiary/aromatic N) is 10. The van der Waals surface area contributed by atoms with Crippen LogP contribution in [0.25, 0.3) is 22.3 Å². The number of aliphatic hydroxyl groups is 4. The Bertz CT molecular complexity index is 3220. The first-order chi connectivity index (χ1) is 34.1. The fraction of sp³-hybridized carbons (Fsp3) is 0.517. The van der Waals surface area contributed by atoms with Gasteiger partial charge in [-0.1, -0.05) is 0 Å². The second-order valence-electron chi connectivity index (χ2n) is 15.6. The summed E-state index contributed by atoms with van der Waals surface area (Å²) in [7, 11) is -27.9. The van der Waals surface area contributed by atoms with Gasteiger partial charge in [-0.2, -0.15) is 18.2 Å². The van der Waals surface area contributed by atoms with Crippen LogP contribution in [0.15, 0.2) is 42.4 Å². The summed E-state index contributed by atoms with van der Waals surface area (Å²) in [6.07, 6.45) is -16.1. The van der Waals surface area contributed by atoms with E-state index in [1.165, 1.54) is 6.07 Å². The Morgan fingerprint density at radius 1 is 0.658 bits per heavy atom. The van der Waals surface area contributed by atoms with Crippen LogP contribution in [0.4, 0.5) is 17.5 Å². The highest BCUT2D eigenvalue weighted by atomic mass is 31.3. The van der Waals surface area contributed by atoms with Crippen LogP contribution in [-0.4, -0.2) is 168 Å². The number of nitrogen functional groups attached to an aromatic ring is 3. The number of nitrogens with two attached hydrogens (primary N) is 3. The smallest absolute Gasteiger partial charge is 0.387 e. The Balaban J connectivity index is 0.938. The van der Waals surface area contributed by atoms with Gasteiger partial charge in [0.25, 0.3) is 6.10 Å². The first-order valence-electron chi connectivity index (χ1n) is 20.2. The quantitative estimate of drug-likeness (QED) is 0.0166. The summed E-state index contributed by atoms with van der Waals surface area (Å²) in [5, 5.41) is 44.7. The maximum Gasteiger partial charge on any atom is 0.742 e. The highest BCUT2D eigenvalue weighted by Gasteiger charge is 2.78. The minimum atomic E-state index is -6.02. The van der Waals surface area contributed by atoms with Crippen LogP contribution in [0.1, 0.15) is 18.7 Å². The van der Waals surface area contributed by atoms with Crippen LogP contribution in [0.3, 0.4) is 0 Å². The van der Waals surface area contributed by atoms with Gasteiger partial charge in [0.2, 0.25) is 0 Å². The minimum Gasteiger partial charge on any atom is -0.387 e. The lowest BCUT2D eigenvalue weighted by Gasteiger charge is -2.23. The van der Waals surface area contributed by atoms with Crippen molar-refractivity contribution >= 4 is 78.9 Å². The zero-order chi connectivity index (χ0) is 52.7. The highest BCUT2D eigenvalue weighted by Crippen LogP contribution is 2.76. The number of imidazole rings is 2. The molecule has 16 atom stereocenters. The normalized spacial score (nSPS) is 33.3. The monoisotopic (exact) mass is 1140 g/mol. The zero-order valence-corrected chi connectivity index (χ0v) is 40.4. The number of phosphoric ester groups is 2. The molecule has 9 heterocycles. The number of aliphatic hydroxyl groups excluding tert-OH is 4. The fourth-order valence-electron chi connectivity index (χ4n) is 7.71. The lowest BCUT2D eigenvalue weighted by atomic mass is 10.1. The molecule has 4 fully saturated rings. The maximum atomic E-state index is 14.2. The van der Waals surface area contributed by atoms with Gasteiger partial charge in [-0.15, -0.1) is 4.30 Å². The predicted octanol–water partition coefficient (Wildman–Crippen LogP) is -3.36. The van der Waals surface area contributed by atoms with Gasteiger partial charge < -0.3 is 76.3 Å². The molecule has 0 aromatic carbocycles. The second kappa shape index (κ2) is 19.7. The molecule has 0 aliphatic carbocycles. The lowest BCUT2D eigenvalue weighted by molar-refractivity contribution is -0.225. The Hall–Kier alpha value is -4.27. The third kappa shape index (κ3) is 11.1. The highest BCUT2D eigenvalue weighted by molar-refractivity contribution is 7.66. The summed E-state index contributed by atoms with van der Waals surface area (Å²) in [6, 6.07) is 1.20. The third-order valence-electron chi connectivity index (χ3n) is 10.9. The number of hydrogen-bond acceptors (Lipinski definition) is 30. The van der Waals surface area contributed by atoms with Gasteiger partial charge in [0, 0.05) is 6.20 Å². The Labute approximate surface area is 403 Å². The minimum absolute atomic E-state index is 0.00417. The fourth-order valence-corrected chi connectivity index (χ4v) is 13.2. The largest absolute Gasteiger partial charge is 0.742 e. The summed E-state index contributed by atoms with van der Waals surface area (Å²) in [5.41, 5.74) is 16.3. The van der Waals surface area contributed by atoms with Crippen molar-refractivity contribution < 1.29 is 118 Å². The maximum absolute atomic E-state index is 14.2. The van der Waals surface area contributed by atoms with Crippen LogP contribution in [0.2, 0.25) is 0 Å². The van der Waals surface area contributed by atoms with Crippen molar-refractivity contribution in [3.63, 3.8) is 0 Å². The number of fused-ring (bicyclic) bond motifs is 2. The molecule has 0 radical (unpaired) electrons. The van der Waals surface area contributed by atoms with Gasteiger partial charge in [-0.25, -0.2) is 57.5 Å². The van der Waals surface area contributed by atoms with E-state index in [1.807, 2.05) is 0 Å². The number of anilines is 3. The van der Waals surface area contributed by atoms with E-state index < -0.39 is 138 Å². The second-order valence-corrected chi connectivity index (χ2v) is 23.1. The van der Waals surface area contributed by atoms with Crippen molar-refractivity contribution in [3.8, 4) is 0 Å². The molecular formula is C29H39N13O26P5+. The van der Waals surface area contributed by atoms with Crippen molar-refractivity contribution in [2.45, 2.75) is 73.6 Å². The SMILES string of the molecule is Nc1ccn([C@@H]2O[C@H](COP(=O)(O)O[C@H]3[C@@H](O)[C@H](n4cnc5c(N)ncnc54)O[C@@H]3CO[P@@]3(=O)O[O+]3[C@H]3[C@@H](O)[C@H](n4cnc5c(N)ncnc54)O[C@@H]3COP(=O)(O)OP(=O)(O)OP(=O)(O)O)[C@@H](O)[C@H]2O)c(=O)n1. The molecule has 3 unspecified atom stereocenters. The predicted molar refractivity (Wildman–Crippen MR) is 228 cm³/mol. The van der Waals surface area contributed by atoms with Crippen molar-refractivity contribution in [1.82, 2.24) is 48.6 Å². The van der Waals surface area contributed by atoms with E-state index in [2.05, 4.69) is 43.5 Å². The summed E-state index contributed by atoms with van der Waals surface area (Å²) in [4.78, 5) is 88.5. The van der Waals surface area contributed by atoms with E-state index >= 15 is 0 Å². The van der Waals surface area contributed by atoms with E-state index in [4.69, 9.17) is 64.0 Å². The summed E-state index contributed by atoms with van der Waals surface area (Å²) in [6.45, 7) is -3.25. The molecule has 4 saturated heterocycles. The Morgan fingerprint density at radius 3 is 1.81 bits per heavy atom. The van der Waals surface area contributed by atoms with Crippen LogP contribution < -0.4 is 22.9 Å². The topological polar surface area (TPSA) is 566 Å². The van der Waals surface area contributed by atoms with Crippen LogP contribution in [0, 0.1) is 0 Å². The van der Waals surface area contributed by atoms with Crippen LogP contribution in [0.5, 0.6) is 0 Å². The van der Waals surface area contributed by atoms with Crippen molar-refractivity contribution in [2.24, 2.45) is 0 Å². The van der Waals surface area contributed by atoms with Gasteiger partial charge in [0.05, 0.1) is 37.1 Å². The molecule has 0 amide bonds. The standard InChI is InChI=1S/C29H38N13O26P5/c30-13-1-2-40(29(47)39-13)26-17(44)16(43)10(61-26)3-58-70(51,52)64-20-11(62-27(18(20)45)41-8-37-14-22(31)33-6-35-24(14)41)4-60-73(57)65-68(73)21-12(5-59-71(53,54)67-72(55,56)66-69(48,49)50)63-28(19(21)46)42-9-38-15-23(32)34-7-36-25(15)42/h1-2,6-12,16-21,26-28,43-46H,3-5H2,(H10-,30,31,32,33,34,35,36,39,47,48,49,50,51,52,53,54,55,56)/p+1/t10-,11-,12-,16-,17-,18-,19-,20-,21-,26-,27-,28-,73+/m1/s1. The van der Waals surface area contributed by atoms with E-state index in [9.17, 15) is 62.7 Å². The number of hydrogen-bond donors (Lipinski definition) is 12. The molecule has 4 aliphatic rings. The Kier molecular flexibility index (Phi) is 14.5. The number of phosphoric acid groups is 4. The van der Waals surface area contributed by atoms with Crippen molar-refractivity contribution in [2.75, 3.05) is 37.0 Å². The van der Waals surface area contributed by atoms with E-state index in [0.717, 1.165) is 45.2 Å². The average Bonchev–Trinajstić information content (AvgIpc) is 3.84. The Morgan fingerprint density at radius 2 is 1.21 bits per heavy atom. The molecule has 73 heavy (non-hydrogen) atoms. The number of aromatic nitrogens is 10. The first-order valence-corrected chi connectivity index (χ1v) is 27.6. The summed E-state index contributed by atoms with van der Waals surface area (Å²) in [5.74, 6) is -0.380. The zero-order valence-electron chi connectivity index (χ0n) is 35.9. The molecular weight excluding hydrogens is 1100 g/mol. The van der Waals surface area contributed by atoms with Gasteiger partial charge in [0.1, 0.15) is 66.1 Å². The third-order valence-corrected chi connectivity index (χ3v) is 17.1. The molecule has 44 heteroatoms. The van der Waals surface area contributed by atoms with Gasteiger partial charge in [0.15, 0.2) is 53.8 Å². The van der Waals surface area contributed by atoms with Gasteiger partial charge >= 0.3 is 44.8 Å². The first kappa shape index (κ1) is 53.6. The van der Waals surface area contributed by atoms with Crippen LogP contribution >= 0.6 is 39.1 Å². The molecule has 0 spiro atoms. The van der Waals surface area contributed by atoms with Crippen molar-refractivity contribution in [3.05, 3.63) is 48.1 Å². The molecule has 9 rings (SSSR count).